The lowest BCUT2D eigenvalue weighted by molar-refractivity contribution is 0.0974. The highest BCUT2D eigenvalue weighted by molar-refractivity contribution is 7.20. The zero-order valence-electron chi connectivity index (χ0n) is 14.1. The quantitative estimate of drug-likeness (QED) is 0.737. The molecule has 2 aromatic heterocycles. The molecule has 3 rings (SSSR count). The molecular weight excluding hydrogens is 334 g/mol. The predicted molar refractivity (Wildman–Crippen MR) is 102 cm³/mol. The number of carbonyl (C=O) groups is 1. The molecular formula is C18H19N5OS. The first-order chi connectivity index (χ1) is 12.0. The number of aromatic nitrogens is 2. The predicted octanol–water partition coefficient (Wildman–Crippen LogP) is 2.75. The number of hydrogen-bond donors (Lipinski definition) is 2. The van der Waals surface area contributed by atoms with Crippen molar-refractivity contribution in [3.05, 3.63) is 53.6 Å². The number of likely N-dealkylation sites (N-methyl/N-ethyl adjacent to an activating group) is 1. The fourth-order valence-corrected chi connectivity index (χ4v) is 3.28. The van der Waals surface area contributed by atoms with Gasteiger partial charge in [-0.15, -0.1) is 11.3 Å². The summed E-state index contributed by atoms with van der Waals surface area (Å²) in [6.45, 7) is 0.757. The van der Waals surface area contributed by atoms with Crippen LogP contribution in [0.25, 0.3) is 21.5 Å². The van der Waals surface area contributed by atoms with E-state index in [1.807, 2.05) is 61.5 Å². The molecule has 0 aliphatic rings. The highest BCUT2D eigenvalue weighted by Gasteiger charge is 2.15. The van der Waals surface area contributed by atoms with Gasteiger partial charge in [-0.25, -0.2) is 9.97 Å². The van der Waals surface area contributed by atoms with Gasteiger partial charge in [0.15, 0.2) is 0 Å². The molecule has 0 saturated heterocycles. The Morgan fingerprint density at radius 3 is 2.76 bits per heavy atom. The minimum absolute atomic E-state index is 0.171. The van der Waals surface area contributed by atoms with Crippen molar-refractivity contribution in [3.8, 4) is 11.3 Å². The summed E-state index contributed by atoms with van der Waals surface area (Å²) < 4.78 is 0. The van der Waals surface area contributed by atoms with Crippen LogP contribution in [0.1, 0.15) is 9.67 Å². The number of nitrogens with zero attached hydrogens (tertiary/aromatic N) is 3. The fraction of sp³-hybridized carbons (Fsp3) is 0.167. The maximum absolute atomic E-state index is 12.3. The zero-order chi connectivity index (χ0) is 17.8. The van der Waals surface area contributed by atoms with E-state index in [-0.39, 0.29) is 11.9 Å². The Morgan fingerprint density at radius 1 is 1.28 bits per heavy atom. The standard InChI is InChI=1S/C18H19N5OS/c1-23(2)10-6-9-20-16(24)14-11-13-15(12-7-4-3-5-8-12)21-18(19)22-17(13)25-14/h3-9,11H,10H2,1-2H3,(H,20,24)(H2,19,21,22)/b9-6+. The summed E-state index contributed by atoms with van der Waals surface area (Å²) in [5, 5.41) is 3.60. The third kappa shape index (κ3) is 4.01. The number of nitrogens with two attached hydrogens (primary N) is 1. The van der Waals surface area contributed by atoms with Crippen LogP contribution in [-0.4, -0.2) is 41.4 Å². The monoisotopic (exact) mass is 353 g/mol. The third-order valence-corrected chi connectivity index (χ3v) is 4.51. The number of anilines is 1. The van der Waals surface area contributed by atoms with E-state index in [0.717, 1.165) is 23.2 Å². The molecule has 0 aliphatic carbocycles. The van der Waals surface area contributed by atoms with E-state index in [9.17, 15) is 4.79 Å². The molecule has 7 heteroatoms. The SMILES string of the molecule is CN(C)C/C=C/NC(=O)c1cc2c(-c3ccccc3)nc(N)nc2s1. The van der Waals surface area contributed by atoms with Crippen LogP contribution < -0.4 is 11.1 Å². The summed E-state index contributed by atoms with van der Waals surface area (Å²) in [5.74, 6) is 0.0293. The Morgan fingerprint density at radius 2 is 2.04 bits per heavy atom. The summed E-state index contributed by atoms with van der Waals surface area (Å²) in [6, 6.07) is 11.6. The van der Waals surface area contributed by atoms with Crippen molar-refractivity contribution in [1.82, 2.24) is 20.2 Å². The molecule has 0 fully saturated rings. The largest absolute Gasteiger partial charge is 0.368 e. The van der Waals surface area contributed by atoms with Crippen molar-refractivity contribution < 1.29 is 4.79 Å². The number of fused-ring (bicyclic) bond motifs is 1. The average molecular weight is 353 g/mol. The van der Waals surface area contributed by atoms with Crippen LogP contribution in [0.4, 0.5) is 5.95 Å². The Balaban J connectivity index is 1.92. The van der Waals surface area contributed by atoms with Gasteiger partial charge in [0.1, 0.15) is 4.83 Å². The van der Waals surface area contributed by atoms with Crippen molar-refractivity contribution in [1.29, 1.82) is 0 Å². The Labute approximate surface area is 150 Å². The molecule has 0 bridgehead atoms. The molecule has 0 saturated carbocycles. The molecule has 6 nitrogen and oxygen atoms in total. The average Bonchev–Trinajstić information content (AvgIpc) is 3.02. The van der Waals surface area contributed by atoms with E-state index in [1.54, 1.807) is 6.20 Å². The van der Waals surface area contributed by atoms with E-state index in [2.05, 4.69) is 15.3 Å². The summed E-state index contributed by atoms with van der Waals surface area (Å²) >= 11 is 1.31. The van der Waals surface area contributed by atoms with Crippen molar-refractivity contribution in [2.45, 2.75) is 0 Å². The maximum Gasteiger partial charge on any atom is 0.265 e. The van der Waals surface area contributed by atoms with Gasteiger partial charge in [0.05, 0.1) is 10.6 Å². The Hall–Kier alpha value is -2.77. The first-order valence-electron chi connectivity index (χ1n) is 7.77. The number of benzene rings is 1. The number of nitrogen functional groups attached to an aromatic ring is 1. The highest BCUT2D eigenvalue weighted by atomic mass is 32.1. The van der Waals surface area contributed by atoms with E-state index < -0.39 is 0 Å². The topological polar surface area (TPSA) is 84.1 Å². The van der Waals surface area contributed by atoms with Gasteiger partial charge in [0.25, 0.3) is 5.91 Å². The number of thiophene rings is 1. The maximum atomic E-state index is 12.3. The molecule has 2 heterocycles. The molecule has 1 amide bonds. The molecule has 0 unspecified atom stereocenters. The van der Waals surface area contributed by atoms with E-state index in [0.29, 0.717) is 9.71 Å². The molecule has 3 N–H and O–H groups in total. The number of amides is 1. The van der Waals surface area contributed by atoms with Gasteiger partial charge in [0, 0.05) is 23.7 Å². The summed E-state index contributed by atoms with van der Waals surface area (Å²) in [4.78, 5) is 24.3. The van der Waals surface area contributed by atoms with Gasteiger partial charge in [-0.1, -0.05) is 36.4 Å². The van der Waals surface area contributed by atoms with E-state index in [4.69, 9.17) is 5.73 Å². The Kier molecular flexibility index (Phi) is 5.06. The van der Waals surface area contributed by atoms with Crippen LogP contribution in [-0.2, 0) is 0 Å². The second-order valence-electron chi connectivity index (χ2n) is 5.76. The molecule has 0 atom stereocenters. The van der Waals surface area contributed by atoms with Gasteiger partial charge in [-0.3, -0.25) is 4.79 Å². The second-order valence-corrected chi connectivity index (χ2v) is 6.79. The lowest BCUT2D eigenvalue weighted by Gasteiger charge is -2.03. The van der Waals surface area contributed by atoms with Crippen LogP contribution in [0, 0.1) is 0 Å². The van der Waals surface area contributed by atoms with Crippen LogP contribution in [0.15, 0.2) is 48.7 Å². The fourth-order valence-electron chi connectivity index (χ4n) is 2.34. The minimum atomic E-state index is -0.171. The number of rotatable bonds is 5. The normalized spacial score (nSPS) is 11.5. The van der Waals surface area contributed by atoms with E-state index >= 15 is 0 Å². The molecule has 128 valence electrons. The van der Waals surface area contributed by atoms with Gasteiger partial charge in [-0.05, 0) is 20.2 Å². The second kappa shape index (κ2) is 7.42. The smallest absolute Gasteiger partial charge is 0.265 e. The van der Waals surface area contributed by atoms with Gasteiger partial charge < -0.3 is 16.0 Å². The highest BCUT2D eigenvalue weighted by Crippen LogP contribution is 2.32. The third-order valence-electron chi connectivity index (χ3n) is 3.48. The molecule has 0 aliphatic heterocycles. The molecule has 1 aromatic carbocycles. The number of hydrogen-bond acceptors (Lipinski definition) is 6. The summed E-state index contributed by atoms with van der Waals surface area (Å²) in [7, 11) is 3.93. The van der Waals surface area contributed by atoms with Crippen LogP contribution in [0.3, 0.4) is 0 Å². The molecule has 0 spiro atoms. The van der Waals surface area contributed by atoms with Crippen LogP contribution in [0.2, 0.25) is 0 Å². The van der Waals surface area contributed by atoms with Crippen molar-refractivity contribution in [2.24, 2.45) is 0 Å². The first-order valence-corrected chi connectivity index (χ1v) is 8.59. The van der Waals surface area contributed by atoms with Gasteiger partial charge >= 0.3 is 0 Å². The number of nitrogens with one attached hydrogen (secondary N) is 1. The van der Waals surface area contributed by atoms with Crippen LogP contribution >= 0.6 is 11.3 Å². The van der Waals surface area contributed by atoms with Crippen molar-refractivity contribution in [3.63, 3.8) is 0 Å². The van der Waals surface area contributed by atoms with Crippen molar-refractivity contribution in [2.75, 3.05) is 26.4 Å². The summed E-state index contributed by atoms with van der Waals surface area (Å²) in [5.41, 5.74) is 7.52. The van der Waals surface area contributed by atoms with E-state index in [1.165, 1.54) is 11.3 Å². The zero-order valence-corrected chi connectivity index (χ0v) is 14.9. The summed E-state index contributed by atoms with van der Waals surface area (Å²) in [6.07, 6.45) is 3.54. The lowest BCUT2D eigenvalue weighted by Crippen LogP contribution is -2.17. The van der Waals surface area contributed by atoms with Crippen LogP contribution in [0.5, 0.6) is 0 Å². The molecule has 25 heavy (non-hydrogen) atoms. The minimum Gasteiger partial charge on any atom is -0.368 e. The lowest BCUT2D eigenvalue weighted by atomic mass is 10.1. The molecule has 0 radical (unpaired) electrons. The van der Waals surface area contributed by atoms with Gasteiger partial charge in [-0.2, -0.15) is 0 Å². The number of carbonyl (C=O) groups excluding carboxylic acids is 1. The van der Waals surface area contributed by atoms with Gasteiger partial charge in [0.2, 0.25) is 5.95 Å². The Bertz CT molecular complexity index is 918. The molecule has 3 aromatic rings. The van der Waals surface area contributed by atoms with Crippen molar-refractivity contribution >= 4 is 33.4 Å². The first kappa shape index (κ1) is 17.1.